The normalized spacial score (nSPS) is 22.8. The van der Waals surface area contributed by atoms with Crippen molar-refractivity contribution >= 4 is 11.7 Å². The number of amides is 1. The van der Waals surface area contributed by atoms with Gasteiger partial charge in [-0.15, -0.1) is 0 Å². The van der Waals surface area contributed by atoms with E-state index in [0.29, 0.717) is 11.1 Å². The van der Waals surface area contributed by atoms with Crippen molar-refractivity contribution in [3.05, 3.63) is 58.1 Å². The van der Waals surface area contributed by atoms with Crippen LogP contribution in [0.3, 0.4) is 0 Å². The molecule has 3 atom stereocenters. The highest BCUT2D eigenvalue weighted by molar-refractivity contribution is 6.03. The van der Waals surface area contributed by atoms with Crippen LogP contribution >= 0.6 is 0 Å². The van der Waals surface area contributed by atoms with Crippen LogP contribution in [0.4, 0.5) is 5.82 Å². The third-order valence-corrected chi connectivity index (χ3v) is 4.10. The van der Waals surface area contributed by atoms with E-state index in [1.54, 1.807) is 37.3 Å². The lowest BCUT2D eigenvalue weighted by Crippen LogP contribution is -2.29. The maximum atomic E-state index is 12.3. The molecule has 25 heavy (non-hydrogen) atoms. The second-order valence-corrected chi connectivity index (χ2v) is 5.90. The fraction of sp³-hybridized carbons (Fsp3) is 0.353. The molecule has 0 bridgehead atoms. The van der Waals surface area contributed by atoms with Crippen molar-refractivity contribution in [2.24, 2.45) is 0 Å². The zero-order chi connectivity index (χ0) is 18.0. The quantitative estimate of drug-likeness (QED) is 0.741. The molecule has 2 aromatic rings. The van der Waals surface area contributed by atoms with E-state index in [1.165, 1.54) is 10.8 Å². The lowest BCUT2D eigenvalue weighted by atomic mass is 10.2. The maximum absolute atomic E-state index is 12.3. The van der Waals surface area contributed by atoms with Gasteiger partial charge in [-0.1, -0.05) is 18.2 Å². The number of aromatic nitrogens is 2. The Bertz CT molecular complexity index is 821. The van der Waals surface area contributed by atoms with Crippen molar-refractivity contribution in [3.8, 4) is 0 Å². The second kappa shape index (κ2) is 7.14. The van der Waals surface area contributed by atoms with E-state index < -0.39 is 24.1 Å². The molecular weight excluding hydrogens is 326 g/mol. The molecule has 0 radical (unpaired) electrons. The Morgan fingerprint density at radius 3 is 2.76 bits per heavy atom. The summed E-state index contributed by atoms with van der Waals surface area (Å²) < 4.78 is 6.73. The number of benzene rings is 1. The first kappa shape index (κ1) is 17.3. The lowest BCUT2D eigenvalue weighted by Gasteiger charge is -2.16. The van der Waals surface area contributed by atoms with E-state index in [4.69, 9.17) is 9.84 Å². The van der Waals surface area contributed by atoms with Crippen molar-refractivity contribution in [2.75, 3.05) is 11.9 Å². The summed E-state index contributed by atoms with van der Waals surface area (Å²) in [6.45, 7) is 1.38. The first-order valence-corrected chi connectivity index (χ1v) is 7.90. The third-order valence-electron chi connectivity index (χ3n) is 4.10. The van der Waals surface area contributed by atoms with E-state index in [2.05, 4.69) is 10.3 Å². The molecule has 1 aliphatic rings. The van der Waals surface area contributed by atoms with Crippen molar-refractivity contribution in [2.45, 2.75) is 31.8 Å². The summed E-state index contributed by atoms with van der Waals surface area (Å²) in [4.78, 5) is 28.4. The molecule has 1 amide bonds. The van der Waals surface area contributed by atoms with Gasteiger partial charge in [-0.05, 0) is 19.1 Å². The van der Waals surface area contributed by atoms with E-state index in [9.17, 15) is 14.7 Å². The zero-order valence-corrected chi connectivity index (χ0v) is 13.6. The van der Waals surface area contributed by atoms with Gasteiger partial charge in [-0.25, -0.2) is 4.79 Å². The molecule has 1 fully saturated rings. The Labute approximate surface area is 143 Å². The van der Waals surface area contributed by atoms with Gasteiger partial charge in [0.05, 0.1) is 12.7 Å². The number of carbonyl (C=O) groups excluding carboxylic acids is 1. The van der Waals surface area contributed by atoms with Crippen LogP contribution < -0.4 is 11.0 Å². The Morgan fingerprint density at radius 1 is 1.40 bits per heavy atom. The topological polar surface area (TPSA) is 114 Å². The van der Waals surface area contributed by atoms with Crippen LogP contribution in [0.15, 0.2) is 41.3 Å². The van der Waals surface area contributed by atoms with Crippen LogP contribution in [0.1, 0.15) is 28.6 Å². The van der Waals surface area contributed by atoms with E-state index in [-0.39, 0.29) is 24.8 Å². The van der Waals surface area contributed by atoms with Gasteiger partial charge in [-0.2, -0.15) is 4.98 Å². The van der Waals surface area contributed by atoms with Crippen LogP contribution in [0.5, 0.6) is 0 Å². The lowest BCUT2D eigenvalue weighted by molar-refractivity contribution is -0.0459. The number of ether oxygens (including phenoxy) is 1. The van der Waals surface area contributed by atoms with E-state index in [1.807, 2.05) is 0 Å². The first-order chi connectivity index (χ1) is 12.0. The van der Waals surface area contributed by atoms with Crippen LogP contribution in [-0.2, 0) is 4.74 Å². The second-order valence-electron chi connectivity index (χ2n) is 5.90. The fourth-order valence-electron chi connectivity index (χ4n) is 2.72. The minimum Gasteiger partial charge on any atom is -0.394 e. The molecular formula is C17H19N3O5. The number of nitrogens with zero attached hydrogens (tertiary/aromatic N) is 2. The highest BCUT2D eigenvalue weighted by atomic mass is 16.5. The number of aliphatic hydroxyl groups excluding tert-OH is 2. The Hall–Kier alpha value is -2.55. The van der Waals surface area contributed by atoms with Gasteiger partial charge in [0.15, 0.2) is 0 Å². The molecule has 1 aliphatic heterocycles. The number of hydrogen-bond donors (Lipinski definition) is 3. The first-order valence-electron chi connectivity index (χ1n) is 7.90. The average molecular weight is 345 g/mol. The number of nitrogens with one attached hydrogen (secondary N) is 1. The maximum Gasteiger partial charge on any atom is 0.351 e. The Kier molecular flexibility index (Phi) is 4.93. The average Bonchev–Trinajstić information content (AvgIpc) is 2.99. The monoisotopic (exact) mass is 345 g/mol. The molecule has 2 heterocycles. The Balaban J connectivity index is 1.81. The third kappa shape index (κ3) is 3.60. The molecule has 3 rings (SSSR count). The predicted molar refractivity (Wildman–Crippen MR) is 89.2 cm³/mol. The number of anilines is 1. The molecule has 3 N–H and O–H groups in total. The van der Waals surface area contributed by atoms with Crippen molar-refractivity contribution in [3.63, 3.8) is 0 Å². The summed E-state index contributed by atoms with van der Waals surface area (Å²) in [5, 5.41) is 21.6. The van der Waals surface area contributed by atoms with Crippen LogP contribution in [-0.4, -0.2) is 44.5 Å². The molecule has 1 aromatic heterocycles. The fourth-order valence-corrected chi connectivity index (χ4v) is 2.72. The number of carbonyl (C=O) groups is 1. The summed E-state index contributed by atoms with van der Waals surface area (Å²) in [6, 6.07) is 8.61. The summed E-state index contributed by atoms with van der Waals surface area (Å²) in [7, 11) is 0. The largest absolute Gasteiger partial charge is 0.394 e. The molecule has 0 saturated carbocycles. The molecule has 1 unspecified atom stereocenters. The molecule has 1 saturated heterocycles. The molecule has 0 aliphatic carbocycles. The minimum atomic E-state index is -0.848. The zero-order valence-electron chi connectivity index (χ0n) is 13.6. The summed E-state index contributed by atoms with van der Waals surface area (Å²) >= 11 is 0. The van der Waals surface area contributed by atoms with Gasteiger partial charge in [-0.3, -0.25) is 9.36 Å². The number of rotatable bonds is 4. The van der Waals surface area contributed by atoms with Crippen molar-refractivity contribution < 1.29 is 19.7 Å². The number of hydrogen-bond acceptors (Lipinski definition) is 6. The van der Waals surface area contributed by atoms with Gasteiger partial charge < -0.3 is 20.3 Å². The number of aliphatic hydroxyl groups is 2. The standard InChI is InChI=1S/C17H19N3O5/c1-10-8-20(14-7-12(22)13(9-21)25-14)17(24)19-15(10)18-16(23)11-5-3-2-4-6-11/h2-6,8,12-14,21-22H,7,9H2,1H3,(H,18,19,23,24)/t12?,13-,14-/m1/s1. The highest BCUT2D eigenvalue weighted by Gasteiger charge is 2.35. The molecule has 1 aromatic carbocycles. The van der Waals surface area contributed by atoms with Gasteiger partial charge in [0.25, 0.3) is 5.91 Å². The smallest absolute Gasteiger partial charge is 0.351 e. The predicted octanol–water partition coefficient (Wildman–Crippen LogP) is 0.445. The summed E-state index contributed by atoms with van der Waals surface area (Å²) in [5.74, 6) is -0.186. The Morgan fingerprint density at radius 2 is 2.12 bits per heavy atom. The van der Waals surface area contributed by atoms with Crippen LogP contribution in [0.25, 0.3) is 0 Å². The van der Waals surface area contributed by atoms with Gasteiger partial charge in [0, 0.05) is 23.7 Å². The summed E-state index contributed by atoms with van der Waals surface area (Å²) in [5.41, 5.74) is 0.431. The van der Waals surface area contributed by atoms with E-state index >= 15 is 0 Å². The van der Waals surface area contributed by atoms with Gasteiger partial charge >= 0.3 is 5.69 Å². The van der Waals surface area contributed by atoms with Crippen molar-refractivity contribution in [1.29, 1.82) is 0 Å². The molecule has 8 heteroatoms. The minimum absolute atomic E-state index is 0.173. The van der Waals surface area contributed by atoms with Crippen molar-refractivity contribution in [1.82, 2.24) is 9.55 Å². The molecule has 132 valence electrons. The number of aryl methyl sites for hydroxylation is 1. The summed E-state index contributed by atoms with van der Waals surface area (Å²) in [6.07, 6.45) is -0.575. The van der Waals surface area contributed by atoms with Gasteiger partial charge in [0.2, 0.25) is 0 Å². The molecule has 8 nitrogen and oxygen atoms in total. The van der Waals surface area contributed by atoms with Gasteiger partial charge in [0.1, 0.15) is 18.1 Å². The van der Waals surface area contributed by atoms with Crippen LogP contribution in [0, 0.1) is 6.92 Å². The highest BCUT2D eigenvalue weighted by Crippen LogP contribution is 2.27. The molecule has 0 spiro atoms. The van der Waals surface area contributed by atoms with E-state index in [0.717, 1.165) is 0 Å². The SMILES string of the molecule is Cc1cn([C@H]2CC(O)[C@@H](CO)O2)c(=O)nc1NC(=O)c1ccccc1. The van der Waals surface area contributed by atoms with Crippen LogP contribution in [0.2, 0.25) is 0 Å².